The van der Waals surface area contributed by atoms with Crippen molar-refractivity contribution in [3.63, 3.8) is 0 Å². The number of nitrogens with one attached hydrogen (secondary N) is 1. The van der Waals surface area contributed by atoms with Crippen molar-refractivity contribution in [1.29, 1.82) is 0 Å². The first-order valence-electron chi connectivity index (χ1n) is 6.14. The summed E-state index contributed by atoms with van der Waals surface area (Å²) >= 11 is 0. The number of rotatable bonds is 4. The Morgan fingerprint density at radius 2 is 2.26 bits per heavy atom. The molecule has 0 radical (unpaired) electrons. The maximum Gasteiger partial charge on any atom is 0.293 e. The molecule has 2 heterocycles. The van der Waals surface area contributed by atoms with Gasteiger partial charge in [-0.25, -0.2) is 4.98 Å². The number of carbonyl (C=O) groups excluding carboxylic acids is 1. The minimum Gasteiger partial charge on any atom is -0.335 e. The monoisotopic (exact) mass is 259 g/mol. The van der Waals surface area contributed by atoms with Crippen LogP contribution in [0.25, 0.3) is 0 Å². The fourth-order valence-corrected chi connectivity index (χ4v) is 1.64. The zero-order valence-corrected chi connectivity index (χ0v) is 11.3. The number of amides is 1. The highest BCUT2D eigenvalue weighted by Gasteiger charge is 2.18. The molecule has 0 bridgehead atoms. The molecule has 1 amide bonds. The summed E-state index contributed by atoms with van der Waals surface area (Å²) in [4.78, 5) is 21.9. The number of pyridine rings is 1. The SMILES string of the molecule is CC(C)c1nc(C(=O)N(C)Cc2cccnc2)n[nH]1. The Balaban J connectivity index is 2.06. The lowest BCUT2D eigenvalue weighted by Crippen LogP contribution is -2.27. The first-order chi connectivity index (χ1) is 9.08. The molecule has 0 aromatic carbocycles. The molecule has 0 aliphatic rings. The second-order valence-corrected chi connectivity index (χ2v) is 4.72. The van der Waals surface area contributed by atoms with Crippen molar-refractivity contribution in [3.05, 3.63) is 41.7 Å². The van der Waals surface area contributed by atoms with Gasteiger partial charge >= 0.3 is 0 Å². The van der Waals surface area contributed by atoms with E-state index in [0.717, 1.165) is 11.4 Å². The number of hydrogen-bond acceptors (Lipinski definition) is 4. The van der Waals surface area contributed by atoms with Crippen LogP contribution in [0.4, 0.5) is 0 Å². The van der Waals surface area contributed by atoms with Gasteiger partial charge in [-0.3, -0.25) is 14.9 Å². The van der Waals surface area contributed by atoms with Crippen molar-refractivity contribution < 1.29 is 4.79 Å². The van der Waals surface area contributed by atoms with Gasteiger partial charge in [-0.05, 0) is 11.6 Å². The summed E-state index contributed by atoms with van der Waals surface area (Å²) in [5.41, 5.74) is 0.970. The Hall–Kier alpha value is -2.24. The first kappa shape index (κ1) is 13.2. The van der Waals surface area contributed by atoms with E-state index in [9.17, 15) is 4.79 Å². The molecule has 0 spiro atoms. The van der Waals surface area contributed by atoms with E-state index in [1.807, 2.05) is 26.0 Å². The van der Waals surface area contributed by atoms with E-state index < -0.39 is 0 Å². The smallest absolute Gasteiger partial charge is 0.293 e. The highest BCUT2D eigenvalue weighted by molar-refractivity contribution is 5.90. The summed E-state index contributed by atoms with van der Waals surface area (Å²) in [6, 6.07) is 3.77. The molecule has 0 aliphatic heterocycles. The Morgan fingerprint density at radius 3 is 2.84 bits per heavy atom. The fraction of sp³-hybridized carbons (Fsp3) is 0.385. The molecule has 0 unspecified atom stereocenters. The predicted octanol–water partition coefficient (Wildman–Crippen LogP) is 1.60. The van der Waals surface area contributed by atoms with Crippen LogP contribution in [0.1, 0.15) is 41.8 Å². The summed E-state index contributed by atoms with van der Waals surface area (Å²) < 4.78 is 0. The van der Waals surface area contributed by atoms with Gasteiger partial charge in [-0.15, -0.1) is 5.10 Å². The van der Waals surface area contributed by atoms with E-state index in [0.29, 0.717) is 6.54 Å². The predicted molar refractivity (Wildman–Crippen MR) is 70.5 cm³/mol. The van der Waals surface area contributed by atoms with Gasteiger partial charge in [0.15, 0.2) is 0 Å². The molecule has 0 aliphatic carbocycles. The van der Waals surface area contributed by atoms with Crippen LogP contribution >= 0.6 is 0 Å². The van der Waals surface area contributed by atoms with E-state index in [2.05, 4.69) is 20.2 Å². The summed E-state index contributed by atoms with van der Waals surface area (Å²) in [5.74, 6) is 0.943. The summed E-state index contributed by atoms with van der Waals surface area (Å²) in [7, 11) is 1.72. The Bertz CT molecular complexity index is 549. The van der Waals surface area contributed by atoms with Crippen molar-refractivity contribution in [2.75, 3.05) is 7.05 Å². The van der Waals surface area contributed by atoms with Crippen LogP contribution < -0.4 is 0 Å². The minimum absolute atomic E-state index is 0.202. The lowest BCUT2D eigenvalue weighted by Gasteiger charge is -2.14. The zero-order valence-electron chi connectivity index (χ0n) is 11.3. The van der Waals surface area contributed by atoms with Crippen LogP contribution in [-0.4, -0.2) is 38.0 Å². The largest absolute Gasteiger partial charge is 0.335 e. The third kappa shape index (κ3) is 3.15. The lowest BCUT2D eigenvalue weighted by molar-refractivity contribution is 0.0773. The van der Waals surface area contributed by atoms with Gasteiger partial charge < -0.3 is 4.90 Å². The average Bonchev–Trinajstić information content (AvgIpc) is 2.88. The lowest BCUT2D eigenvalue weighted by atomic mass is 10.2. The third-order valence-corrected chi connectivity index (χ3v) is 2.73. The fourth-order valence-electron chi connectivity index (χ4n) is 1.64. The Morgan fingerprint density at radius 1 is 1.47 bits per heavy atom. The van der Waals surface area contributed by atoms with Gasteiger partial charge in [0, 0.05) is 31.9 Å². The van der Waals surface area contributed by atoms with Gasteiger partial charge in [0.05, 0.1) is 0 Å². The Labute approximate surface area is 111 Å². The number of aromatic nitrogens is 4. The highest BCUT2D eigenvalue weighted by atomic mass is 16.2. The molecule has 0 atom stereocenters. The number of H-pyrrole nitrogens is 1. The topological polar surface area (TPSA) is 74.8 Å². The van der Waals surface area contributed by atoms with E-state index in [-0.39, 0.29) is 17.6 Å². The second kappa shape index (κ2) is 5.60. The number of carbonyl (C=O) groups is 1. The first-order valence-corrected chi connectivity index (χ1v) is 6.14. The molecule has 6 nitrogen and oxygen atoms in total. The summed E-state index contributed by atoms with van der Waals surface area (Å²) in [6.07, 6.45) is 3.44. The molecular formula is C13H17N5O. The molecule has 0 fully saturated rings. The third-order valence-electron chi connectivity index (χ3n) is 2.73. The van der Waals surface area contributed by atoms with Gasteiger partial charge in [-0.2, -0.15) is 0 Å². The maximum absolute atomic E-state index is 12.1. The van der Waals surface area contributed by atoms with Gasteiger partial charge in [0.1, 0.15) is 5.82 Å². The van der Waals surface area contributed by atoms with Crippen molar-refractivity contribution in [2.45, 2.75) is 26.3 Å². The normalized spacial score (nSPS) is 10.7. The van der Waals surface area contributed by atoms with E-state index in [1.54, 1.807) is 24.3 Å². The van der Waals surface area contributed by atoms with Crippen molar-refractivity contribution in [2.24, 2.45) is 0 Å². The minimum atomic E-state index is -0.202. The van der Waals surface area contributed by atoms with Crippen LogP contribution in [0.2, 0.25) is 0 Å². The van der Waals surface area contributed by atoms with Crippen LogP contribution in [0, 0.1) is 0 Å². The van der Waals surface area contributed by atoms with Crippen LogP contribution in [0.5, 0.6) is 0 Å². The zero-order chi connectivity index (χ0) is 13.8. The van der Waals surface area contributed by atoms with E-state index >= 15 is 0 Å². The molecule has 0 saturated carbocycles. The standard InChI is InChI=1S/C13H17N5O/c1-9(2)11-15-12(17-16-11)13(19)18(3)8-10-5-4-6-14-7-10/h4-7,9H,8H2,1-3H3,(H,15,16,17). The molecule has 19 heavy (non-hydrogen) atoms. The molecule has 6 heteroatoms. The number of aromatic amines is 1. The van der Waals surface area contributed by atoms with E-state index in [4.69, 9.17) is 0 Å². The summed E-state index contributed by atoms with van der Waals surface area (Å²) in [6.45, 7) is 4.47. The van der Waals surface area contributed by atoms with Gasteiger partial charge in [0.25, 0.3) is 5.91 Å². The molecule has 0 saturated heterocycles. The van der Waals surface area contributed by atoms with Crippen molar-refractivity contribution >= 4 is 5.91 Å². The van der Waals surface area contributed by atoms with Crippen molar-refractivity contribution in [3.8, 4) is 0 Å². The highest BCUT2D eigenvalue weighted by Crippen LogP contribution is 2.09. The van der Waals surface area contributed by atoms with Gasteiger partial charge in [-0.1, -0.05) is 19.9 Å². The second-order valence-electron chi connectivity index (χ2n) is 4.72. The maximum atomic E-state index is 12.1. The quantitative estimate of drug-likeness (QED) is 0.904. The molecule has 2 aromatic heterocycles. The molecule has 2 rings (SSSR count). The Kier molecular flexibility index (Phi) is 3.89. The number of hydrogen-bond donors (Lipinski definition) is 1. The molecule has 1 N–H and O–H groups in total. The van der Waals surface area contributed by atoms with E-state index in [1.165, 1.54) is 0 Å². The summed E-state index contributed by atoms with van der Waals surface area (Å²) in [5, 5.41) is 6.74. The average molecular weight is 259 g/mol. The van der Waals surface area contributed by atoms with Gasteiger partial charge in [0.2, 0.25) is 5.82 Å². The molecule has 2 aromatic rings. The van der Waals surface area contributed by atoms with Crippen LogP contribution in [0.15, 0.2) is 24.5 Å². The van der Waals surface area contributed by atoms with Crippen LogP contribution in [0.3, 0.4) is 0 Å². The molecule has 100 valence electrons. The molecular weight excluding hydrogens is 242 g/mol. The van der Waals surface area contributed by atoms with Crippen LogP contribution in [-0.2, 0) is 6.54 Å². The number of nitrogens with zero attached hydrogens (tertiary/aromatic N) is 4. The van der Waals surface area contributed by atoms with Crippen molar-refractivity contribution in [1.82, 2.24) is 25.1 Å².